The molecule has 108 valence electrons. The van der Waals surface area contributed by atoms with Crippen LogP contribution in [0.5, 0.6) is 0 Å². The van der Waals surface area contributed by atoms with E-state index in [9.17, 15) is 0 Å². The van der Waals surface area contributed by atoms with Crippen molar-refractivity contribution in [2.24, 2.45) is 0 Å². The Morgan fingerprint density at radius 1 is 1.29 bits per heavy atom. The van der Waals surface area contributed by atoms with Crippen LogP contribution in [0, 0.1) is 11.3 Å². The Morgan fingerprint density at radius 2 is 2.05 bits per heavy atom. The monoisotopic (exact) mass is 283 g/mol. The highest BCUT2D eigenvalue weighted by Crippen LogP contribution is 2.16. The molecule has 0 amide bonds. The topological polar surface area (TPSA) is 78.0 Å². The van der Waals surface area contributed by atoms with Gasteiger partial charge >= 0.3 is 0 Å². The van der Waals surface area contributed by atoms with Gasteiger partial charge in [-0.2, -0.15) is 5.26 Å². The lowest BCUT2D eigenvalue weighted by molar-refractivity contribution is 0.385. The third kappa shape index (κ3) is 3.38. The van der Waals surface area contributed by atoms with Crippen LogP contribution in [0.2, 0.25) is 0 Å². The summed E-state index contributed by atoms with van der Waals surface area (Å²) >= 11 is 0. The van der Waals surface area contributed by atoms with Crippen LogP contribution in [-0.2, 0) is 6.54 Å². The summed E-state index contributed by atoms with van der Waals surface area (Å²) in [5.41, 5.74) is 0. The minimum absolute atomic E-state index is 0.364. The van der Waals surface area contributed by atoms with Crippen molar-refractivity contribution in [3.8, 4) is 6.07 Å². The first-order valence-electron chi connectivity index (χ1n) is 7.09. The zero-order chi connectivity index (χ0) is 14.5. The molecule has 0 aliphatic carbocycles. The summed E-state index contributed by atoms with van der Waals surface area (Å²) in [5, 5.41) is 12.2. The van der Waals surface area contributed by atoms with Gasteiger partial charge in [-0.1, -0.05) is 0 Å². The number of nitrogens with zero attached hydrogens (tertiary/aromatic N) is 4. The average Bonchev–Trinajstić information content (AvgIpc) is 3.02. The van der Waals surface area contributed by atoms with Gasteiger partial charge in [-0.25, -0.2) is 9.97 Å². The second-order valence-corrected chi connectivity index (χ2v) is 5.07. The number of nitriles is 1. The van der Waals surface area contributed by atoms with E-state index >= 15 is 0 Å². The molecule has 2 aromatic heterocycles. The molecule has 0 unspecified atom stereocenters. The first kappa shape index (κ1) is 13.6. The number of hydrogen-bond donors (Lipinski definition) is 1. The Bertz CT molecular complexity index is 610. The normalized spacial score (nSPS) is 15.9. The van der Waals surface area contributed by atoms with Crippen molar-refractivity contribution in [1.29, 1.82) is 5.26 Å². The number of piperidine rings is 1. The van der Waals surface area contributed by atoms with Crippen molar-refractivity contribution in [2.45, 2.75) is 25.4 Å². The van der Waals surface area contributed by atoms with Crippen molar-refractivity contribution in [2.75, 3.05) is 18.0 Å². The van der Waals surface area contributed by atoms with Crippen molar-refractivity contribution in [1.82, 2.24) is 15.3 Å². The lowest BCUT2D eigenvalue weighted by atomic mass is 10.1. The Hall–Kier alpha value is -2.39. The molecule has 0 saturated carbocycles. The van der Waals surface area contributed by atoms with Crippen molar-refractivity contribution < 1.29 is 4.42 Å². The summed E-state index contributed by atoms with van der Waals surface area (Å²) in [6, 6.07) is 7.83. The Labute approximate surface area is 123 Å². The van der Waals surface area contributed by atoms with Crippen LogP contribution >= 0.6 is 0 Å². The molecule has 0 spiro atoms. The van der Waals surface area contributed by atoms with Crippen molar-refractivity contribution in [3.05, 3.63) is 42.1 Å². The minimum atomic E-state index is 0.364. The summed E-state index contributed by atoms with van der Waals surface area (Å²) in [5.74, 6) is 1.98. The lowest BCUT2D eigenvalue weighted by Crippen LogP contribution is -2.42. The third-order valence-electron chi connectivity index (χ3n) is 3.67. The fourth-order valence-corrected chi connectivity index (χ4v) is 2.52. The molecule has 0 aromatic carbocycles. The van der Waals surface area contributed by atoms with E-state index in [2.05, 4.69) is 20.2 Å². The van der Waals surface area contributed by atoms with E-state index in [4.69, 9.17) is 9.68 Å². The van der Waals surface area contributed by atoms with E-state index in [1.165, 1.54) is 0 Å². The van der Waals surface area contributed by atoms with Crippen LogP contribution in [-0.4, -0.2) is 29.1 Å². The molecular formula is C15H17N5O. The number of rotatable bonds is 4. The predicted octanol–water partition coefficient (Wildman–Crippen LogP) is 1.70. The van der Waals surface area contributed by atoms with Gasteiger partial charge in [0.05, 0.1) is 6.54 Å². The molecule has 1 fully saturated rings. The molecule has 1 N–H and O–H groups in total. The maximum atomic E-state index is 8.72. The molecule has 1 saturated heterocycles. The molecule has 0 bridgehead atoms. The predicted molar refractivity (Wildman–Crippen MR) is 77.5 cm³/mol. The van der Waals surface area contributed by atoms with E-state index < -0.39 is 0 Å². The first-order valence-corrected chi connectivity index (χ1v) is 7.09. The SMILES string of the molecule is N#Cc1ccc(CNC2CCN(c3ncccn3)CC2)o1. The van der Waals surface area contributed by atoms with Gasteiger partial charge < -0.3 is 14.6 Å². The Balaban J connectivity index is 1.47. The fourth-order valence-electron chi connectivity index (χ4n) is 2.52. The molecule has 1 aliphatic heterocycles. The molecule has 0 atom stereocenters. The van der Waals surface area contributed by atoms with Gasteiger partial charge in [-0.3, -0.25) is 0 Å². The highest BCUT2D eigenvalue weighted by Gasteiger charge is 2.20. The maximum absolute atomic E-state index is 8.72. The average molecular weight is 283 g/mol. The quantitative estimate of drug-likeness (QED) is 0.920. The number of anilines is 1. The highest BCUT2D eigenvalue weighted by atomic mass is 16.3. The van der Waals surface area contributed by atoms with Crippen LogP contribution in [0.3, 0.4) is 0 Å². The smallest absolute Gasteiger partial charge is 0.225 e. The molecular weight excluding hydrogens is 266 g/mol. The van der Waals surface area contributed by atoms with Gasteiger partial charge in [-0.15, -0.1) is 0 Å². The Morgan fingerprint density at radius 3 is 2.71 bits per heavy atom. The van der Waals surface area contributed by atoms with E-state index in [1.54, 1.807) is 18.5 Å². The van der Waals surface area contributed by atoms with Gasteiger partial charge in [0.2, 0.25) is 11.7 Å². The molecule has 21 heavy (non-hydrogen) atoms. The lowest BCUT2D eigenvalue weighted by Gasteiger charge is -2.32. The zero-order valence-corrected chi connectivity index (χ0v) is 11.7. The summed E-state index contributed by atoms with van der Waals surface area (Å²) in [4.78, 5) is 10.8. The number of furan rings is 1. The molecule has 3 heterocycles. The van der Waals surface area contributed by atoms with Gasteiger partial charge in [0.1, 0.15) is 11.8 Å². The molecule has 3 rings (SSSR count). The molecule has 0 radical (unpaired) electrons. The summed E-state index contributed by atoms with van der Waals surface area (Å²) < 4.78 is 5.36. The van der Waals surface area contributed by atoms with E-state index in [1.807, 2.05) is 18.2 Å². The summed E-state index contributed by atoms with van der Waals surface area (Å²) in [6.45, 7) is 2.56. The summed E-state index contributed by atoms with van der Waals surface area (Å²) in [6.07, 6.45) is 5.64. The number of hydrogen-bond acceptors (Lipinski definition) is 6. The van der Waals surface area contributed by atoms with Crippen LogP contribution in [0.1, 0.15) is 24.4 Å². The van der Waals surface area contributed by atoms with Crippen molar-refractivity contribution >= 4 is 5.95 Å². The highest BCUT2D eigenvalue weighted by molar-refractivity contribution is 5.29. The number of nitrogens with one attached hydrogen (secondary N) is 1. The zero-order valence-electron chi connectivity index (χ0n) is 11.7. The maximum Gasteiger partial charge on any atom is 0.225 e. The minimum Gasteiger partial charge on any atom is -0.449 e. The molecule has 6 nitrogen and oxygen atoms in total. The van der Waals surface area contributed by atoms with E-state index in [-0.39, 0.29) is 0 Å². The van der Waals surface area contributed by atoms with Gasteiger partial charge in [0, 0.05) is 31.5 Å². The van der Waals surface area contributed by atoms with Crippen LogP contribution < -0.4 is 10.2 Å². The van der Waals surface area contributed by atoms with Crippen LogP contribution in [0.15, 0.2) is 35.0 Å². The largest absolute Gasteiger partial charge is 0.449 e. The van der Waals surface area contributed by atoms with E-state index in [0.29, 0.717) is 18.3 Å². The standard InChI is InChI=1S/C15H17N5O/c16-10-13-2-3-14(21-13)11-19-12-4-8-20(9-5-12)15-17-6-1-7-18-15/h1-3,6-7,12,19H,4-5,8-9,11H2. The fraction of sp³-hybridized carbons (Fsp3) is 0.400. The number of aromatic nitrogens is 2. The Kier molecular flexibility index (Phi) is 4.12. The molecule has 2 aromatic rings. The molecule has 1 aliphatic rings. The first-order chi connectivity index (χ1) is 10.3. The van der Waals surface area contributed by atoms with Gasteiger partial charge in [0.15, 0.2) is 0 Å². The second-order valence-electron chi connectivity index (χ2n) is 5.07. The van der Waals surface area contributed by atoms with Crippen LogP contribution in [0.4, 0.5) is 5.95 Å². The van der Waals surface area contributed by atoms with Gasteiger partial charge in [-0.05, 0) is 31.0 Å². The van der Waals surface area contributed by atoms with E-state index in [0.717, 1.165) is 37.6 Å². The second kappa shape index (κ2) is 6.37. The van der Waals surface area contributed by atoms with Crippen molar-refractivity contribution in [3.63, 3.8) is 0 Å². The summed E-state index contributed by atoms with van der Waals surface area (Å²) in [7, 11) is 0. The third-order valence-corrected chi connectivity index (χ3v) is 3.67. The van der Waals surface area contributed by atoms with Gasteiger partial charge in [0.25, 0.3) is 0 Å². The molecule has 6 heteroatoms. The van der Waals surface area contributed by atoms with Crippen LogP contribution in [0.25, 0.3) is 0 Å².